The van der Waals surface area contributed by atoms with E-state index in [9.17, 15) is 9.18 Å². The summed E-state index contributed by atoms with van der Waals surface area (Å²) in [6.07, 6.45) is 1.49. The van der Waals surface area contributed by atoms with E-state index in [1.54, 1.807) is 6.92 Å². The van der Waals surface area contributed by atoms with Crippen molar-refractivity contribution in [3.63, 3.8) is 0 Å². The molecule has 94 valence electrons. The molecule has 0 aliphatic rings. The van der Waals surface area contributed by atoms with Crippen LogP contribution in [0.1, 0.15) is 19.8 Å². The Morgan fingerprint density at radius 2 is 2.29 bits per heavy atom. The molecule has 0 aliphatic heterocycles. The molecule has 0 fully saturated rings. The number of halogens is 2. The zero-order chi connectivity index (χ0) is 12.8. The van der Waals surface area contributed by atoms with Crippen LogP contribution in [0.3, 0.4) is 0 Å². The van der Waals surface area contributed by atoms with E-state index in [-0.39, 0.29) is 11.8 Å². The minimum Gasteiger partial charge on any atom is -0.330 e. The molecule has 3 nitrogen and oxygen atoms in total. The van der Waals surface area contributed by atoms with Crippen LogP contribution < -0.4 is 11.1 Å². The summed E-state index contributed by atoms with van der Waals surface area (Å²) >= 11 is 5.85. The van der Waals surface area contributed by atoms with Crippen LogP contribution in [0.4, 0.5) is 10.1 Å². The number of benzene rings is 1. The fourth-order valence-electron chi connectivity index (χ4n) is 1.40. The molecule has 0 aliphatic carbocycles. The van der Waals surface area contributed by atoms with Gasteiger partial charge in [-0.2, -0.15) is 0 Å². The largest absolute Gasteiger partial charge is 0.330 e. The van der Waals surface area contributed by atoms with E-state index in [1.165, 1.54) is 18.2 Å². The van der Waals surface area contributed by atoms with E-state index in [2.05, 4.69) is 5.32 Å². The third-order valence-electron chi connectivity index (χ3n) is 2.48. The average Bonchev–Trinajstić information content (AvgIpc) is 2.30. The Morgan fingerprint density at radius 1 is 1.59 bits per heavy atom. The first-order valence-electron chi connectivity index (χ1n) is 5.50. The van der Waals surface area contributed by atoms with Crippen molar-refractivity contribution >= 4 is 23.2 Å². The highest BCUT2D eigenvalue weighted by atomic mass is 35.5. The van der Waals surface area contributed by atoms with Gasteiger partial charge in [0.1, 0.15) is 5.82 Å². The second-order valence-electron chi connectivity index (χ2n) is 3.95. The molecule has 0 saturated carbocycles. The normalized spacial score (nSPS) is 12.2. The van der Waals surface area contributed by atoms with Crippen molar-refractivity contribution in [2.45, 2.75) is 19.8 Å². The SMILES string of the molecule is CC(CCCN)C(=O)Nc1cc(F)ccc1Cl. The molecule has 0 saturated heterocycles. The Labute approximate surface area is 105 Å². The lowest BCUT2D eigenvalue weighted by molar-refractivity contribution is -0.119. The van der Waals surface area contributed by atoms with Crippen LogP contribution >= 0.6 is 11.6 Å². The number of hydrogen-bond donors (Lipinski definition) is 2. The summed E-state index contributed by atoms with van der Waals surface area (Å²) in [6, 6.07) is 3.86. The van der Waals surface area contributed by atoms with Gasteiger partial charge in [-0.05, 0) is 37.6 Å². The van der Waals surface area contributed by atoms with Crippen molar-refractivity contribution in [2.24, 2.45) is 11.7 Å². The smallest absolute Gasteiger partial charge is 0.227 e. The third kappa shape index (κ3) is 4.32. The van der Waals surface area contributed by atoms with Crippen LogP contribution in [-0.4, -0.2) is 12.5 Å². The standard InChI is InChI=1S/C12H16ClFN2O/c1-8(3-2-6-15)12(17)16-11-7-9(14)4-5-10(11)13/h4-5,7-8H,2-3,6,15H2,1H3,(H,16,17). The Kier molecular flexibility index (Phi) is 5.38. The lowest BCUT2D eigenvalue weighted by Crippen LogP contribution is -2.21. The van der Waals surface area contributed by atoms with Crippen molar-refractivity contribution < 1.29 is 9.18 Å². The van der Waals surface area contributed by atoms with Gasteiger partial charge >= 0.3 is 0 Å². The van der Waals surface area contributed by atoms with Crippen LogP contribution in [0.5, 0.6) is 0 Å². The highest BCUT2D eigenvalue weighted by molar-refractivity contribution is 6.33. The first kappa shape index (κ1) is 13.9. The number of hydrogen-bond acceptors (Lipinski definition) is 2. The van der Waals surface area contributed by atoms with E-state index in [0.717, 1.165) is 6.42 Å². The predicted molar refractivity (Wildman–Crippen MR) is 67.5 cm³/mol. The first-order valence-corrected chi connectivity index (χ1v) is 5.88. The lowest BCUT2D eigenvalue weighted by Gasteiger charge is -2.12. The van der Waals surface area contributed by atoms with Gasteiger partial charge in [-0.15, -0.1) is 0 Å². The Hall–Kier alpha value is -1.13. The topological polar surface area (TPSA) is 55.1 Å². The van der Waals surface area contributed by atoms with Crippen LogP contribution in [-0.2, 0) is 4.79 Å². The maximum absolute atomic E-state index is 13.0. The highest BCUT2D eigenvalue weighted by Gasteiger charge is 2.14. The second-order valence-corrected chi connectivity index (χ2v) is 4.35. The predicted octanol–water partition coefficient (Wildman–Crippen LogP) is 2.79. The van der Waals surface area contributed by atoms with Gasteiger partial charge in [0.2, 0.25) is 5.91 Å². The summed E-state index contributed by atoms with van der Waals surface area (Å²) in [5.41, 5.74) is 5.67. The molecule has 17 heavy (non-hydrogen) atoms. The molecule has 1 aromatic carbocycles. The number of carbonyl (C=O) groups is 1. The van der Waals surface area contributed by atoms with Gasteiger partial charge in [0.05, 0.1) is 10.7 Å². The number of amides is 1. The Bertz CT molecular complexity index is 398. The van der Waals surface area contributed by atoms with E-state index >= 15 is 0 Å². The number of nitrogens with two attached hydrogens (primary N) is 1. The number of nitrogens with one attached hydrogen (secondary N) is 1. The molecule has 1 aromatic rings. The summed E-state index contributed by atoms with van der Waals surface area (Å²) < 4.78 is 13.0. The van der Waals surface area contributed by atoms with Gasteiger partial charge in [0.15, 0.2) is 0 Å². The third-order valence-corrected chi connectivity index (χ3v) is 2.80. The van der Waals surface area contributed by atoms with Crippen LogP contribution in [0.25, 0.3) is 0 Å². The van der Waals surface area contributed by atoms with E-state index in [1.807, 2.05) is 0 Å². The molecule has 0 spiro atoms. The first-order chi connectivity index (χ1) is 8.04. The van der Waals surface area contributed by atoms with Crippen LogP contribution in [0.2, 0.25) is 5.02 Å². The molecular formula is C12H16ClFN2O. The zero-order valence-electron chi connectivity index (χ0n) is 9.67. The van der Waals surface area contributed by atoms with Gasteiger partial charge in [0.25, 0.3) is 0 Å². The molecule has 1 rings (SSSR count). The van der Waals surface area contributed by atoms with E-state index in [4.69, 9.17) is 17.3 Å². The molecule has 0 bridgehead atoms. The van der Waals surface area contributed by atoms with Gasteiger partial charge in [-0.1, -0.05) is 18.5 Å². The van der Waals surface area contributed by atoms with Crippen molar-refractivity contribution in [2.75, 3.05) is 11.9 Å². The molecule has 0 heterocycles. The summed E-state index contributed by atoms with van der Waals surface area (Å²) in [5, 5.41) is 2.93. The van der Waals surface area contributed by atoms with Crippen molar-refractivity contribution in [3.05, 3.63) is 29.0 Å². The molecular weight excluding hydrogens is 243 g/mol. The molecule has 5 heteroatoms. The fourth-order valence-corrected chi connectivity index (χ4v) is 1.57. The molecule has 3 N–H and O–H groups in total. The molecule has 1 atom stereocenters. The van der Waals surface area contributed by atoms with Crippen LogP contribution in [0.15, 0.2) is 18.2 Å². The maximum atomic E-state index is 13.0. The van der Waals surface area contributed by atoms with Crippen molar-refractivity contribution in [3.8, 4) is 0 Å². The van der Waals surface area contributed by atoms with Crippen molar-refractivity contribution in [1.82, 2.24) is 0 Å². The molecule has 1 unspecified atom stereocenters. The number of anilines is 1. The summed E-state index contributed by atoms with van der Waals surface area (Å²) in [5.74, 6) is -0.775. The maximum Gasteiger partial charge on any atom is 0.227 e. The molecule has 0 radical (unpaired) electrons. The Balaban J connectivity index is 2.64. The number of rotatable bonds is 5. The van der Waals surface area contributed by atoms with Gasteiger partial charge in [-0.3, -0.25) is 4.79 Å². The minimum absolute atomic E-state index is 0.169. The quantitative estimate of drug-likeness (QED) is 0.853. The highest BCUT2D eigenvalue weighted by Crippen LogP contribution is 2.23. The molecule has 0 aromatic heterocycles. The average molecular weight is 259 g/mol. The minimum atomic E-state index is -0.431. The van der Waals surface area contributed by atoms with E-state index in [0.29, 0.717) is 23.7 Å². The van der Waals surface area contributed by atoms with Gasteiger partial charge in [0, 0.05) is 5.92 Å². The summed E-state index contributed by atoms with van der Waals surface area (Å²) in [6.45, 7) is 2.36. The lowest BCUT2D eigenvalue weighted by atomic mass is 10.0. The van der Waals surface area contributed by atoms with Crippen LogP contribution in [0, 0.1) is 11.7 Å². The monoisotopic (exact) mass is 258 g/mol. The number of carbonyl (C=O) groups excluding carboxylic acids is 1. The molecule has 1 amide bonds. The van der Waals surface area contributed by atoms with E-state index < -0.39 is 5.82 Å². The van der Waals surface area contributed by atoms with Gasteiger partial charge in [-0.25, -0.2) is 4.39 Å². The summed E-state index contributed by atoms with van der Waals surface area (Å²) in [4.78, 5) is 11.7. The summed E-state index contributed by atoms with van der Waals surface area (Å²) in [7, 11) is 0. The zero-order valence-corrected chi connectivity index (χ0v) is 10.4. The fraction of sp³-hybridized carbons (Fsp3) is 0.417. The van der Waals surface area contributed by atoms with Crippen molar-refractivity contribution in [1.29, 1.82) is 0 Å². The van der Waals surface area contributed by atoms with Gasteiger partial charge < -0.3 is 11.1 Å². The Morgan fingerprint density at radius 3 is 2.94 bits per heavy atom. The second kappa shape index (κ2) is 6.57.